The van der Waals surface area contributed by atoms with Crippen molar-refractivity contribution in [2.45, 2.75) is 25.2 Å². The molecule has 1 spiro atoms. The predicted molar refractivity (Wildman–Crippen MR) is 69.6 cm³/mol. The summed E-state index contributed by atoms with van der Waals surface area (Å²) in [5.41, 5.74) is -0.710. The zero-order valence-corrected chi connectivity index (χ0v) is 10.9. The van der Waals surface area contributed by atoms with Crippen LogP contribution in [-0.4, -0.2) is 37.1 Å². The van der Waals surface area contributed by atoms with Crippen LogP contribution in [0.5, 0.6) is 5.75 Å². The normalized spacial score (nSPS) is 29.4. The molecule has 0 bridgehead atoms. The minimum Gasteiger partial charge on any atom is -0.492 e. The van der Waals surface area contributed by atoms with Crippen LogP contribution in [0.3, 0.4) is 0 Å². The summed E-state index contributed by atoms with van der Waals surface area (Å²) in [5.74, 6) is -1.59. The summed E-state index contributed by atoms with van der Waals surface area (Å²) in [7, 11) is 0. The van der Waals surface area contributed by atoms with Crippen LogP contribution in [0.15, 0.2) is 30.3 Å². The van der Waals surface area contributed by atoms with Gasteiger partial charge in [-0.25, -0.2) is 8.78 Å². The van der Waals surface area contributed by atoms with Crippen LogP contribution in [0.1, 0.15) is 19.3 Å². The third-order valence-corrected chi connectivity index (χ3v) is 4.29. The molecule has 1 unspecified atom stereocenters. The first-order valence-corrected chi connectivity index (χ1v) is 6.89. The average Bonchev–Trinajstić information content (AvgIpc) is 2.91. The van der Waals surface area contributed by atoms with E-state index in [2.05, 4.69) is 4.90 Å². The van der Waals surface area contributed by atoms with E-state index in [1.54, 1.807) is 0 Å². The van der Waals surface area contributed by atoms with Gasteiger partial charge in [0.15, 0.2) is 0 Å². The van der Waals surface area contributed by atoms with Crippen LogP contribution in [0.25, 0.3) is 0 Å². The molecule has 1 heterocycles. The minimum absolute atomic E-state index is 0.0794. The number of nitrogens with zero attached hydrogens (tertiary/aromatic N) is 1. The van der Waals surface area contributed by atoms with Crippen molar-refractivity contribution in [1.29, 1.82) is 0 Å². The molecule has 3 rings (SSSR count). The second-order valence-corrected chi connectivity index (χ2v) is 5.70. The van der Waals surface area contributed by atoms with Crippen molar-refractivity contribution in [3.8, 4) is 5.75 Å². The number of hydrogen-bond acceptors (Lipinski definition) is 2. The summed E-state index contributed by atoms with van der Waals surface area (Å²) in [5, 5.41) is 0. The van der Waals surface area contributed by atoms with E-state index < -0.39 is 11.3 Å². The molecule has 1 aromatic carbocycles. The quantitative estimate of drug-likeness (QED) is 0.830. The molecule has 0 radical (unpaired) electrons. The number of para-hydroxylation sites is 1. The number of hydrogen-bond donors (Lipinski definition) is 0. The average molecular weight is 267 g/mol. The molecular formula is C15H19F2NO. The summed E-state index contributed by atoms with van der Waals surface area (Å²) in [6, 6.07) is 9.61. The van der Waals surface area contributed by atoms with Crippen LogP contribution in [0.4, 0.5) is 8.78 Å². The lowest BCUT2D eigenvalue weighted by atomic mass is 9.94. The molecule has 4 heteroatoms. The molecule has 1 aliphatic carbocycles. The molecule has 2 aliphatic rings. The van der Waals surface area contributed by atoms with Gasteiger partial charge in [0.2, 0.25) is 0 Å². The van der Waals surface area contributed by atoms with Crippen molar-refractivity contribution in [2.24, 2.45) is 5.41 Å². The number of benzene rings is 1. The highest BCUT2D eigenvalue weighted by Gasteiger charge is 2.71. The van der Waals surface area contributed by atoms with Crippen LogP contribution < -0.4 is 4.74 Å². The van der Waals surface area contributed by atoms with E-state index in [1.165, 1.54) is 0 Å². The molecule has 2 fully saturated rings. The fraction of sp³-hybridized carbons (Fsp3) is 0.600. The molecule has 19 heavy (non-hydrogen) atoms. The van der Waals surface area contributed by atoms with Gasteiger partial charge in [-0.15, -0.1) is 0 Å². The Labute approximate surface area is 112 Å². The molecule has 0 amide bonds. The summed E-state index contributed by atoms with van der Waals surface area (Å²) in [6.07, 6.45) is 1.63. The maximum Gasteiger partial charge on any atom is 0.255 e. The van der Waals surface area contributed by atoms with Crippen molar-refractivity contribution in [3.63, 3.8) is 0 Å². The molecule has 1 saturated heterocycles. The summed E-state index contributed by atoms with van der Waals surface area (Å²) < 4.78 is 32.4. The van der Waals surface area contributed by atoms with E-state index in [-0.39, 0.29) is 6.42 Å². The topological polar surface area (TPSA) is 12.5 Å². The first-order valence-electron chi connectivity index (χ1n) is 6.89. The van der Waals surface area contributed by atoms with E-state index in [0.717, 1.165) is 25.3 Å². The molecule has 0 aromatic heterocycles. The molecular weight excluding hydrogens is 248 g/mol. The maximum absolute atomic E-state index is 13.4. The Balaban J connectivity index is 1.46. The van der Waals surface area contributed by atoms with E-state index in [0.29, 0.717) is 19.6 Å². The van der Waals surface area contributed by atoms with E-state index in [1.807, 2.05) is 30.3 Å². The molecule has 1 saturated carbocycles. The Morgan fingerprint density at radius 3 is 2.63 bits per heavy atom. The maximum atomic E-state index is 13.4. The molecule has 1 aromatic rings. The highest BCUT2D eigenvalue weighted by Crippen LogP contribution is 2.64. The first-order chi connectivity index (χ1) is 9.11. The Morgan fingerprint density at radius 2 is 1.95 bits per heavy atom. The highest BCUT2D eigenvalue weighted by molar-refractivity contribution is 5.20. The molecule has 1 atom stereocenters. The Hall–Kier alpha value is -1.16. The smallest absolute Gasteiger partial charge is 0.255 e. The summed E-state index contributed by atoms with van der Waals surface area (Å²) in [6.45, 7) is 2.73. The molecule has 1 aliphatic heterocycles. The third kappa shape index (κ3) is 2.59. The fourth-order valence-corrected chi connectivity index (χ4v) is 3.05. The molecule has 104 valence electrons. The van der Waals surface area contributed by atoms with E-state index in [9.17, 15) is 8.78 Å². The first kappa shape index (κ1) is 12.9. The van der Waals surface area contributed by atoms with Crippen molar-refractivity contribution < 1.29 is 13.5 Å². The van der Waals surface area contributed by atoms with Gasteiger partial charge < -0.3 is 4.74 Å². The number of likely N-dealkylation sites (tertiary alicyclic amines) is 1. The van der Waals surface area contributed by atoms with Gasteiger partial charge in [0.05, 0.1) is 5.41 Å². The third-order valence-electron chi connectivity index (χ3n) is 4.29. The van der Waals surface area contributed by atoms with Crippen molar-refractivity contribution >= 4 is 0 Å². The van der Waals surface area contributed by atoms with Crippen molar-refractivity contribution in [3.05, 3.63) is 30.3 Å². The second kappa shape index (κ2) is 4.75. The van der Waals surface area contributed by atoms with Crippen molar-refractivity contribution in [1.82, 2.24) is 4.90 Å². The predicted octanol–water partition coefficient (Wildman–Crippen LogP) is 3.19. The Bertz CT molecular complexity index is 437. The minimum atomic E-state index is -2.42. The number of alkyl halides is 2. The van der Waals surface area contributed by atoms with Gasteiger partial charge in [-0.2, -0.15) is 0 Å². The summed E-state index contributed by atoms with van der Waals surface area (Å²) in [4.78, 5) is 2.12. The Morgan fingerprint density at radius 1 is 1.21 bits per heavy atom. The SMILES string of the molecule is FC1(F)CC12CCCN(CCOc1ccccc1)C2. The number of rotatable bonds is 4. The van der Waals surface area contributed by atoms with Crippen LogP contribution in [0.2, 0.25) is 0 Å². The second-order valence-electron chi connectivity index (χ2n) is 5.70. The van der Waals surface area contributed by atoms with Gasteiger partial charge in [0.1, 0.15) is 12.4 Å². The van der Waals surface area contributed by atoms with E-state index >= 15 is 0 Å². The van der Waals surface area contributed by atoms with Gasteiger partial charge in [-0.3, -0.25) is 4.90 Å². The number of halogens is 2. The fourth-order valence-electron chi connectivity index (χ4n) is 3.05. The Kier molecular flexibility index (Phi) is 3.21. The number of ether oxygens (including phenoxy) is 1. The van der Waals surface area contributed by atoms with Crippen molar-refractivity contribution in [2.75, 3.05) is 26.2 Å². The monoisotopic (exact) mass is 267 g/mol. The van der Waals surface area contributed by atoms with Crippen LogP contribution in [-0.2, 0) is 0 Å². The van der Waals surface area contributed by atoms with Crippen LogP contribution >= 0.6 is 0 Å². The van der Waals surface area contributed by atoms with Gasteiger partial charge in [-0.05, 0) is 31.5 Å². The van der Waals surface area contributed by atoms with E-state index in [4.69, 9.17) is 4.74 Å². The molecule has 2 nitrogen and oxygen atoms in total. The van der Waals surface area contributed by atoms with Gasteiger partial charge >= 0.3 is 0 Å². The lowest BCUT2D eigenvalue weighted by Gasteiger charge is -2.32. The van der Waals surface area contributed by atoms with Gasteiger partial charge in [0.25, 0.3) is 5.92 Å². The lowest BCUT2D eigenvalue weighted by Crippen LogP contribution is -2.41. The highest BCUT2D eigenvalue weighted by atomic mass is 19.3. The molecule has 0 N–H and O–H groups in total. The standard InChI is InChI=1S/C15H19F2NO/c16-15(17)11-14(15)7-4-8-18(12-14)9-10-19-13-5-2-1-3-6-13/h1-3,5-6H,4,7-12H2. The van der Waals surface area contributed by atoms with Gasteiger partial charge in [-0.1, -0.05) is 18.2 Å². The summed E-state index contributed by atoms with van der Waals surface area (Å²) >= 11 is 0. The zero-order valence-electron chi connectivity index (χ0n) is 10.9. The van der Waals surface area contributed by atoms with Crippen LogP contribution in [0, 0.1) is 5.41 Å². The number of piperidine rings is 1. The van der Waals surface area contributed by atoms with Gasteiger partial charge in [0, 0.05) is 19.5 Å². The zero-order chi connectivity index (χ0) is 13.3. The lowest BCUT2D eigenvalue weighted by molar-refractivity contribution is 0.0219. The largest absolute Gasteiger partial charge is 0.492 e.